The molecule has 0 aliphatic rings. The fourth-order valence-corrected chi connectivity index (χ4v) is 2.67. The van der Waals surface area contributed by atoms with Gasteiger partial charge < -0.3 is 4.98 Å². The number of halogens is 4. The van der Waals surface area contributed by atoms with E-state index in [4.69, 9.17) is 11.6 Å². The normalized spacial score (nSPS) is 13.2. The van der Waals surface area contributed by atoms with E-state index >= 15 is 0 Å². The number of imidazole rings is 1. The van der Waals surface area contributed by atoms with Gasteiger partial charge in [0.1, 0.15) is 5.52 Å². The van der Waals surface area contributed by atoms with Gasteiger partial charge in [0.2, 0.25) is 0 Å². The van der Waals surface area contributed by atoms with Crippen molar-refractivity contribution >= 4 is 22.8 Å². The van der Waals surface area contributed by atoms with Gasteiger partial charge in [0.15, 0.2) is 16.8 Å². The Balaban J connectivity index is 1.65. The van der Waals surface area contributed by atoms with Crippen LogP contribution in [0.5, 0.6) is 0 Å². The predicted molar refractivity (Wildman–Crippen MR) is 88.9 cm³/mol. The summed E-state index contributed by atoms with van der Waals surface area (Å²) in [5, 5.41) is 2.12. The third kappa shape index (κ3) is 2.90. The lowest BCUT2D eigenvalue weighted by molar-refractivity contribution is -0.131. The van der Waals surface area contributed by atoms with Crippen LogP contribution in [0.3, 0.4) is 0 Å². The Bertz CT molecular complexity index is 1050. The van der Waals surface area contributed by atoms with Crippen LogP contribution in [-0.2, 0) is 0 Å². The number of aromatic nitrogens is 6. The summed E-state index contributed by atoms with van der Waals surface area (Å²) in [5.74, 6) is 0.373. The average Bonchev–Trinajstić information content (AvgIpc) is 3.29. The van der Waals surface area contributed by atoms with E-state index in [9.17, 15) is 13.2 Å². The van der Waals surface area contributed by atoms with E-state index in [0.29, 0.717) is 17.0 Å². The van der Waals surface area contributed by atoms with Crippen molar-refractivity contribution in [1.82, 2.24) is 29.7 Å². The summed E-state index contributed by atoms with van der Waals surface area (Å²) in [6, 6.07) is 4.53. The topological polar surface area (TPSA) is 72.3 Å². The molecule has 1 atom stereocenters. The Morgan fingerprint density at radius 2 is 1.92 bits per heavy atom. The molecule has 0 aromatic carbocycles. The first-order valence-electron chi connectivity index (χ1n) is 7.44. The van der Waals surface area contributed by atoms with Crippen LogP contribution in [0, 0.1) is 0 Å². The van der Waals surface area contributed by atoms with Crippen molar-refractivity contribution in [2.45, 2.75) is 11.6 Å². The molecule has 1 N–H and O–H groups in total. The molecule has 0 saturated heterocycles. The van der Waals surface area contributed by atoms with Crippen molar-refractivity contribution in [2.75, 3.05) is 0 Å². The second kappa shape index (κ2) is 6.10. The molecular weight excluding hydrogens is 369 g/mol. The molecule has 4 aromatic heterocycles. The molecule has 1 unspecified atom stereocenters. The maximum atomic E-state index is 12.7. The van der Waals surface area contributed by atoms with Crippen LogP contribution in [0.4, 0.5) is 13.2 Å². The van der Waals surface area contributed by atoms with Crippen LogP contribution in [0.2, 0.25) is 0 Å². The highest BCUT2D eigenvalue weighted by molar-refractivity contribution is 6.21. The summed E-state index contributed by atoms with van der Waals surface area (Å²) in [5.41, 5.74) is 2.84. The van der Waals surface area contributed by atoms with Crippen LogP contribution in [-0.4, -0.2) is 35.9 Å². The van der Waals surface area contributed by atoms with Gasteiger partial charge in [0.05, 0.1) is 12.5 Å². The molecule has 4 heterocycles. The number of hydrogen-bond donors (Lipinski definition) is 1. The van der Waals surface area contributed by atoms with Crippen molar-refractivity contribution in [3.63, 3.8) is 0 Å². The zero-order chi connectivity index (χ0) is 18.3. The number of fused-ring (bicyclic) bond motifs is 1. The van der Waals surface area contributed by atoms with Crippen molar-refractivity contribution in [1.29, 1.82) is 0 Å². The Morgan fingerprint density at radius 3 is 2.65 bits per heavy atom. The van der Waals surface area contributed by atoms with Crippen LogP contribution < -0.4 is 0 Å². The molecule has 132 valence electrons. The standard InChI is InChI=1S/C16H10ClF3N6/c17-14(16(18,19)20)9-1-2-12(22-5-9)26-7-10(6-25-26)11-3-4-21-15-13(11)23-8-24-15/h1-8,14H,(H,21,23,24). The summed E-state index contributed by atoms with van der Waals surface area (Å²) >= 11 is 5.41. The Morgan fingerprint density at radius 1 is 1.08 bits per heavy atom. The van der Waals surface area contributed by atoms with Gasteiger partial charge in [-0.2, -0.15) is 18.3 Å². The van der Waals surface area contributed by atoms with Gasteiger partial charge >= 0.3 is 6.18 Å². The quantitative estimate of drug-likeness (QED) is 0.546. The van der Waals surface area contributed by atoms with E-state index in [1.165, 1.54) is 16.8 Å². The maximum Gasteiger partial charge on any atom is 0.408 e. The number of nitrogens with one attached hydrogen (secondary N) is 1. The second-order valence-corrected chi connectivity index (χ2v) is 5.92. The van der Waals surface area contributed by atoms with E-state index in [-0.39, 0.29) is 5.56 Å². The summed E-state index contributed by atoms with van der Waals surface area (Å²) in [7, 11) is 0. The highest BCUT2D eigenvalue weighted by Gasteiger charge is 2.39. The molecule has 0 aliphatic carbocycles. The smallest absolute Gasteiger partial charge is 0.329 e. The SMILES string of the molecule is FC(F)(F)C(Cl)c1ccc(-n2cc(-c3ccnc4[nH]cnc34)cn2)nc1. The van der Waals surface area contributed by atoms with Gasteiger partial charge in [-0.1, -0.05) is 6.07 Å². The molecule has 10 heteroatoms. The lowest BCUT2D eigenvalue weighted by Crippen LogP contribution is -2.16. The van der Waals surface area contributed by atoms with Gasteiger partial charge in [-0.05, 0) is 17.7 Å². The van der Waals surface area contributed by atoms with Crippen molar-refractivity contribution in [2.24, 2.45) is 0 Å². The number of H-pyrrole nitrogens is 1. The molecule has 0 radical (unpaired) electrons. The first-order chi connectivity index (χ1) is 12.4. The molecule has 0 aliphatic heterocycles. The third-order valence-corrected chi connectivity index (χ3v) is 4.30. The first-order valence-corrected chi connectivity index (χ1v) is 7.87. The molecule has 4 aromatic rings. The Labute approximate surface area is 149 Å². The lowest BCUT2D eigenvalue weighted by Gasteiger charge is -2.13. The van der Waals surface area contributed by atoms with Gasteiger partial charge in [0, 0.05) is 29.7 Å². The van der Waals surface area contributed by atoms with E-state index < -0.39 is 11.6 Å². The number of alkyl halides is 4. The number of pyridine rings is 2. The minimum absolute atomic E-state index is 0.123. The van der Waals surface area contributed by atoms with Crippen molar-refractivity contribution in [3.05, 3.63) is 54.9 Å². The zero-order valence-corrected chi connectivity index (χ0v) is 13.7. The second-order valence-electron chi connectivity index (χ2n) is 5.49. The average molecular weight is 379 g/mol. The predicted octanol–water partition coefficient (Wildman–Crippen LogP) is 4.05. The van der Waals surface area contributed by atoms with E-state index in [0.717, 1.165) is 17.3 Å². The molecule has 4 rings (SSSR count). The summed E-state index contributed by atoms with van der Waals surface area (Å²) in [6.07, 6.45) is 3.11. The Kier molecular flexibility index (Phi) is 3.87. The Hall–Kier alpha value is -2.94. The fourth-order valence-electron chi connectivity index (χ4n) is 2.54. The molecule has 6 nitrogen and oxygen atoms in total. The van der Waals surface area contributed by atoms with Crippen molar-refractivity contribution < 1.29 is 13.2 Å². The van der Waals surface area contributed by atoms with Crippen molar-refractivity contribution in [3.8, 4) is 16.9 Å². The number of rotatable bonds is 3. The monoisotopic (exact) mass is 378 g/mol. The van der Waals surface area contributed by atoms with Gasteiger partial charge in [-0.25, -0.2) is 19.6 Å². The highest BCUT2D eigenvalue weighted by atomic mass is 35.5. The first kappa shape index (κ1) is 16.5. The van der Waals surface area contributed by atoms with Crippen LogP contribution >= 0.6 is 11.6 Å². The molecular formula is C16H10ClF3N6. The maximum absolute atomic E-state index is 12.7. The number of aromatic amines is 1. The zero-order valence-electron chi connectivity index (χ0n) is 12.9. The highest BCUT2D eigenvalue weighted by Crippen LogP contribution is 2.37. The minimum Gasteiger partial charge on any atom is -0.329 e. The minimum atomic E-state index is -4.53. The van der Waals surface area contributed by atoms with Gasteiger partial charge in [-0.15, -0.1) is 11.6 Å². The van der Waals surface area contributed by atoms with Crippen LogP contribution in [0.1, 0.15) is 10.9 Å². The third-order valence-electron chi connectivity index (χ3n) is 3.80. The van der Waals surface area contributed by atoms with Gasteiger partial charge in [-0.3, -0.25) is 0 Å². The molecule has 0 saturated carbocycles. The van der Waals surface area contributed by atoms with Crippen LogP contribution in [0.25, 0.3) is 28.1 Å². The molecule has 0 bridgehead atoms. The van der Waals surface area contributed by atoms with Gasteiger partial charge in [0.25, 0.3) is 0 Å². The summed E-state index contributed by atoms with van der Waals surface area (Å²) in [6.45, 7) is 0. The van der Waals surface area contributed by atoms with Crippen LogP contribution in [0.15, 0.2) is 49.3 Å². The lowest BCUT2D eigenvalue weighted by atomic mass is 10.1. The largest absolute Gasteiger partial charge is 0.408 e. The fraction of sp³-hybridized carbons (Fsp3) is 0.125. The molecule has 0 amide bonds. The molecule has 0 fully saturated rings. The van der Waals surface area contributed by atoms with E-state index in [1.807, 2.05) is 6.07 Å². The molecule has 0 spiro atoms. The number of hydrogen-bond acceptors (Lipinski definition) is 4. The molecule has 26 heavy (non-hydrogen) atoms. The van der Waals surface area contributed by atoms with E-state index in [1.54, 1.807) is 24.9 Å². The summed E-state index contributed by atoms with van der Waals surface area (Å²) in [4.78, 5) is 15.4. The number of nitrogens with zero attached hydrogens (tertiary/aromatic N) is 5. The summed E-state index contributed by atoms with van der Waals surface area (Å²) < 4.78 is 39.4. The van der Waals surface area contributed by atoms with E-state index in [2.05, 4.69) is 25.0 Å².